The molecule has 0 aliphatic heterocycles. The van der Waals surface area contributed by atoms with Crippen molar-refractivity contribution in [2.75, 3.05) is 25.3 Å². The second-order valence-electron chi connectivity index (χ2n) is 10.9. The first-order valence-electron chi connectivity index (χ1n) is 11.5. The molecule has 0 amide bonds. The Morgan fingerprint density at radius 3 is 2.30 bits per heavy atom. The Morgan fingerprint density at radius 2 is 1.64 bits per heavy atom. The van der Waals surface area contributed by atoms with Gasteiger partial charge in [0.1, 0.15) is 19.3 Å². The lowest BCUT2D eigenvalue weighted by molar-refractivity contribution is 0.0851. The van der Waals surface area contributed by atoms with Gasteiger partial charge in [0.05, 0.1) is 10.9 Å². The summed E-state index contributed by atoms with van der Waals surface area (Å²) in [4.78, 5) is 18.3. The number of nitrogens with one attached hydrogen (secondary N) is 1. The number of benzene rings is 1. The molecule has 0 aliphatic carbocycles. The second-order valence-corrected chi connectivity index (χ2v) is 23.0. The Labute approximate surface area is 206 Å². The molecule has 9 heteroatoms. The van der Waals surface area contributed by atoms with Crippen LogP contribution >= 0.6 is 15.9 Å². The van der Waals surface area contributed by atoms with Crippen molar-refractivity contribution in [3.8, 4) is 0 Å². The number of halogens is 1. The summed E-state index contributed by atoms with van der Waals surface area (Å²) in [5, 5.41) is 5.55. The smallest absolute Gasteiger partial charge is 0.261 e. The highest BCUT2D eigenvalue weighted by Crippen LogP contribution is 2.29. The Kier molecular flexibility index (Phi) is 8.55. The van der Waals surface area contributed by atoms with Crippen molar-refractivity contribution in [1.29, 1.82) is 0 Å². The molecule has 2 heterocycles. The Morgan fingerprint density at radius 1 is 0.970 bits per heavy atom. The monoisotopic (exact) mass is 549 g/mol. The van der Waals surface area contributed by atoms with E-state index in [0.717, 1.165) is 39.5 Å². The topological polar surface area (TPSA) is 65.4 Å². The van der Waals surface area contributed by atoms with Crippen molar-refractivity contribution in [3.05, 3.63) is 45.3 Å². The van der Waals surface area contributed by atoms with Gasteiger partial charge in [0.25, 0.3) is 5.56 Å². The SMILES string of the molecule is C[Si](C)(C)CCOCNc1nc2ccc(Br)cc2c2c(=O)n(COCC[Si](C)(C)C)ccc12. The van der Waals surface area contributed by atoms with Crippen molar-refractivity contribution in [2.24, 2.45) is 0 Å². The number of ether oxygens (including phenoxy) is 2. The Bertz CT molecular complexity index is 1170. The first-order chi connectivity index (χ1) is 15.4. The van der Waals surface area contributed by atoms with Crippen LogP contribution in [0.5, 0.6) is 0 Å². The number of hydrogen-bond donors (Lipinski definition) is 1. The fourth-order valence-electron chi connectivity index (χ4n) is 3.37. The standard InChI is InChI=1S/C24H36BrN3O3Si2/c1-32(2,3)13-11-30-16-26-23-19-9-10-28(17-31-12-14-33(4,5)6)24(29)22(19)20-15-18(25)7-8-21(20)27-23/h7-10,15H,11-14,16-17H2,1-6H3,(H,26,27). The molecule has 0 radical (unpaired) electrons. The summed E-state index contributed by atoms with van der Waals surface area (Å²) >= 11 is 3.53. The van der Waals surface area contributed by atoms with E-state index in [4.69, 9.17) is 14.5 Å². The maximum absolute atomic E-state index is 13.5. The summed E-state index contributed by atoms with van der Waals surface area (Å²) in [5.41, 5.74) is 0.693. The van der Waals surface area contributed by atoms with Crippen LogP contribution in [0.25, 0.3) is 21.7 Å². The third kappa shape index (κ3) is 7.48. The van der Waals surface area contributed by atoms with Crippen molar-refractivity contribution < 1.29 is 9.47 Å². The largest absolute Gasteiger partial charge is 0.362 e. The fourth-order valence-corrected chi connectivity index (χ4v) is 5.24. The molecule has 0 atom stereocenters. The van der Waals surface area contributed by atoms with Gasteiger partial charge < -0.3 is 14.8 Å². The van der Waals surface area contributed by atoms with E-state index in [0.29, 0.717) is 24.5 Å². The average Bonchev–Trinajstić information content (AvgIpc) is 2.70. The van der Waals surface area contributed by atoms with E-state index >= 15 is 0 Å². The van der Waals surface area contributed by atoms with Gasteiger partial charge in [-0.1, -0.05) is 55.2 Å². The molecule has 0 unspecified atom stereocenters. The van der Waals surface area contributed by atoms with Crippen molar-refractivity contribution in [2.45, 2.75) is 58.1 Å². The van der Waals surface area contributed by atoms with Gasteiger partial charge in [0.15, 0.2) is 0 Å². The zero-order chi connectivity index (χ0) is 24.2. The summed E-state index contributed by atoms with van der Waals surface area (Å²) in [6.45, 7) is 16.0. The minimum absolute atomic E-state index is 0.0753. The lowest BCUT2D eigenvalue weighted by Gasteiger charge is -2.17. The molecule has 0 saturated heterocycles. The van der Waals surface area contributed by atoms with Crippen molar-refractivity contribution >= 4 is 59.6 Å². The molecule has 1 aromatic carbocycles. The molecule has 2 aromatic heterocycles. The minimum Gasteiger partial charge on any atom is -0.362 e. The first kappa shape index (κ1) is 26.1. The molecule has 6 nitrogen and oxygen atoms in total. The number of pyridine rings is 2. The molecule has 1 N–H and O–H groups in total. The molecular weight excluding hydrogens is 514 g/mol. The van der Waals surface area contributed by atoms with E-state index in [1.807, 2.05) is 24.3 Å². The third-order valence-electron chi connectivity index (χ3n) is 5.45. The summed E-state index contributed by atoms with van der Waals surface area (Å²) < 4.78 is 14.2. The van der Waals surface area contributed by atoms with Crippen molar-refractivity contribution in [1.82, 2.24) is 9.55 Å². The van der Waals surface area contributed by atoms with Crippen LogP contribution < -0.4 is 10.9 Å². The van der Waals surface area contributed by atoms with Gasteiger partial charge in [-0.05, 0) is 36.4 Å². The van der Waals surface area contributed by atoms with E-state index in [9.17, 15) is 4.79 Å². The Balaban J connectivity index is 1.89. The predicted molar refractivity (Wildman–Crippen MR) is 148 cm³/mol. The molecule has 0 fully saturated rings. The van der Waals surface area contributed by atoms with Crippen molar-refractivity contribution in [3.63, 3.8) is 0 Å². The summed E-state index contributed by atoms with van der Waals surface area (Å²) in [7, 11) is -2.31. The normalized spacial score (nSPS) is 12.6. The van der Waals surface area contributed by atoms with Crippen LogP contribution in [0.2, 0.25) is 51.4 Å². The number of nitrogens with zero attached hydrogens (tertiary/aromatic N) is 2. The predicted octanol–water partition coefficient (Wildman–Crippen LogP) is 6.35. The van der Waals surface area contributed by atoms with Gasteiger partial charge in [0.2, 0.25) is 0 Å². The number of hydrogen-bond acceptors (Lipinski definition) is 5. The van der Waals surface area contributed by atoms with E-state index in [-0.39, 0.29) is 12.3 Å². The van der Waals surface area contributed by atoms with Crippen LogP contribution in [-0.2, 0) is 16.2 Å². The van der Waals surface area contributed by atoms with Gasteiger partial charge in [-0.15, -0.1) is 0 Å². The zero-order valence-corrected chi connectivity index (χ0v) is 24.2. The number of fused-ring (bicyclic) bond motifs is 3. The average molecular weight is 551 g/mol. The third-order valence-corrected chi connectivity index (χ3v) is 9.35. The van der Waals surface area contributed by atoms with Gasteiger partial charge in [0, 0.05) is 50.8 Å². The fraction of sp³-hybridized carbons (Fsp3) is 0.500. The van der Waals surface area contributed by atoms with Crippen LogP contribution in [-0.4, -0.2) is 45.6 Å². The number of aromatic nitrogens is 2. The molecule has 3 rings (SSSR count). The number of rotatable bonds is 11. The van der Waals surface area contributed by atoms with Crippen LogP contribution in [0.3, 0.4) is 0 Å². The summed E-state index contributed by atoms with van der Waals surface area (Å²) in [5.74, 6) is 0.664. The van der Waals surface area contributed by atoms with Gasteiger partial charge in [-0.2, -0.15) is 0 Å². The zero-order valence-electron chi connectivity index (χ0n) is 20.6. The lowest BCUT2D eigenvalue weighted by Crippen LogP contribution is -2.25. The summed E-state index contributed by atoms with van der Waals surface area (Å²) in [6, 6.07) is 9.94. The van der Waals surface area contributed by atoms with E-state index in [1.165, 1.54) is 0 Å². The molecule has 0 aliphatic rings. The highest BCUT2D eigenvalue weighted by Gasteiger charge is 2.16. The highest BCUT2D eigenvalue weighted by atomic mass is 79.9. The van der Waals surface area contributed by atoms with Crippen LogP contribution in [0.15, 0.2) is 39.7 Å². The van der Waals surface area contributed by atoms with Crippen LogP contribution in [0, 0.1) is 0 Å². The van der Waals surface area contributed by atoms with Gasteiger partial charge in [-0.25, -0.2) is 4.98 Å². The molecule has 33 heavy (non-hydrogen) atoms. The molecule has 0 bridgehead atoms. The maximum atomic E-state index is 13.5. The lowest BCUT2D eigenvalue weighted by atomic mass is 10.1. The van der Waals surface area contributed by atoms with E-state index in [1.54, 1.807) is 10.8 Å². The van der Waals surface area contributed by atoms with Crippen LogP contribution in [0.4, 0.5) is 5.82 Å². The molecule has 0 spiro atoms. The molecule has 0 saturated carbocycles. The molecule has 180 valence electrons. The first-order valence-corrected chi connectivity index (χ1v) is 19.7. The van der Waals surface area contributed by atoms with E-state index < -0.39 is 16.1 Å². The minimum atomic E-state index is -1.18. The van der Waals surface area contributed by atoms with Crippen LogP contribution in [0.1, 0.15) is 0 Å². The van der Waals surface area contributed by atoms with E-state index in [2.05, 4.69) is 60.5 Å². The Hall–Kier alpha value is -1.53. The number of anilines is 1. The molecular formula is C24H36BrN3O3Si2. The molecule has 3 aromatic rings. The maximum Gasteiger partial charge on any atom is 0.261 e. The summed E-state index contributed by atoms with van der Waals surface area (Å²) in [6.07, 6.45) is 1.79. The van der Waals surface area contributed by atoms with Gasteiger partial charge >= 0.3 is 0 Å². The van der Waals surface area contributed by atoms with Gasteiger partial charge in [-0.3, -0.25) is 9.36 Å². The quantitative estimate of drug-likeness (QED) is 0.130. The second kappa shape index (κ2) is 10.8. The highest BCUT2D eigenvalue weighted by molar-refractivity contribution is 9.10.